The van der Waals surface area contributed by atoms with Crippen LogP contribution in [0.2, 0.25) is 0 Å². The van der Waals surface area contributed by atoms with E-state index < -0.39 is 134 Å². The number of carbonyl (C=O) groups excluding carboxylic acids is 9. The molecule has 8 atom stereocenters. The van der Waals surface area contributed by atoms with E-state index >= 15 is 0 Å². The molecule has 4 aromatic carbocycles. The first-order valence-corrected chi connectivity index (χ1v) is 32.9. The van der Waals surface area contributed by atoms with Crippen LogP contribution in [0.3, 0.4) is 0 Å². The molecule has 0 fully saturated rings. The number of aliphatic carboxylic acids is 2. The third kappa shape index (κ3) is 25.6. The smallest absolute Gasteiger partial charge is 0.408 e. The average Bonchev–Trinajstić information content (AvgIpc) is 1.66. The summed E-state index contributed by atoms with van der Waals surface area (Å²) in [6.07, 6.45) is -1.25. The van der Waals surface area contributed by atoms with E-state index in [4.69, 9.17) is 4.74 Å². The Morgan fingerprint density at radius 3 is 1.76 bits per heavy atom. The van der Waals surface area contributed by atoms with Crippen LogP contribution < -0.4 is 47.9 Å². The van der Waals surface area contributed by atoms with Crippen molar-refractivity contribution in [2.75, 3.05) is 51.5 Å². The number of aliphatic hydroxyl groups excluding tert-OH is 2. The van der Waals surface area contributed by atoms with E-state index in [1.807, 2.05) is 19.0 Å². The van der Waals surface area contributed by atoms with E-state index in [1.54, 1.807) is 78.9 Å². The summed E-state index contributed by atoms with van der Waals surface area (Å²) in [4.78, 5) is 158. The van der Waals surface area contributed by atoms with E-state index in [9.17, 15) is 78.3 Å². The maximum absolute atomic E-state index is 14.7. The first kappa shape index (κ1) is 75.5. The van der Waals surface area contributed by atoms with Gasteiger partial charge in [0.1, 0.15) is 58.7 Å². The third-order valence-electron chi connectivity index (χ3n) is 14.9. The van der Waals surface area contributed by atoms with Gasteiger partial charge in [0, 0.05) is 56.6 Å². The summed E-state index contributed by atoms with van der Waals surface area (Å²) < 4.78 is 5.85. The Bertz CT molecular complexity index is 3510. The number of carbonyl (C=O) groups is 11. The average molecular weight is 1370 g/mol. The molecule has 31 heteroatoms. The Kier molecular flexibility index (Phi) is 30.4. The fraction of sp³-hybridized carbons (Fsp3) is 0.431. The summed E-state index contributed by atoms with van der Waals surface area (Å²) in [5, 5.41) is 74.6. The number of aliphatic imine (C=N–C) groups is 1. The summed E-state index contributed by atoms with van der Waals surface area (Å²) >= 11 is 2.51. The van der Waals surface area contributed by atoms with Gasteiger partial charge in [0.15, 0.2) is 6.04 Å². The number of fused-ring (bicyclic) bond motifs is 1. The predicted octanol–water partition coefficient (Wildman–Crippen LogP) is 1.85. The van der Waals surface area contributed by atoms with Crippen molar-refractivity contribution in [1.29, 1.82) is 0 Å². The van der Waals surface area contributed by atoms with Crippen LogP contribution in [-0.4, -0.2) is 200 Å². The van der Waals surface area contributed by atoms with Crippen molar-refractivity contribution in [2.24, 2.45) is 4.99 Å². The van der Waals surface area contributed by atoms with Gasteiger partial charge < -0.3 is 83.0 Å². The number of rotatable bonds is 39. The predicted molar refractivity (Wildman–Crippen MR) is 356 cm³/mol. The normalized spacial score (nSPS) is 14.8. The molecule has 0 radical (unpaired) electrons. The molecule has 1 unspecified atom stereocenters. The van der Waals surface area contributed by atoms with Crippen LogP contribution in [0.5, 0.6) is 5.75 Å². The lowest BCUT2D eigenvalue weighted by molar-refractivity contribution is -0.138. The Morgan fingerprint density at radius 1 is 0.615 bits per heavy atom. The van der Waals surface area contributed by atoms with Gasteiger partial charge in [-0.05, 0) is 113 Å². The van der Waals surface area contributed by atoms with Crippen LogP contribution in [0.4, 0.5) is 10.5 Å². The van der Waals surface area contributed by atoms with E-state index in [1.165, 1.54) is 54.3 Å². The third-order valence-corrected chi connectivity index (χ3v) is 17.1. The Labute approximate surface area is 561 Å². The second-order valence-electron chi connectivity index (χ2n) is 23.0. The minimum Gasteiger partial charge on any atom is -0.508 e. The van der Waals surface area contributed by atoms with Crippen LogP contribution in [-0.2, 0) is 72.1 Å². The molecule has 1 aliphatic rings. The zero-order valence-electron chi connectivity index (χ0n) is 53.2. The molecule has 29 nitrogen and oxygen atoms in total. The molecule has 0 spiro atoms. The number of ether oxygens (including phenoxy) is 1. The molecule has 6 rings (SSSR count). The molecule has 0 aliphatic carbocycles. The second kappa shape index (κ2) is 38.7. The largest absolute Gasteiger partial charge is 0.508 e. The number of carboxylic acid groups (broad SMARTS) is 2. The fourth-order valence-electron chi connectivity index (χ4n) is 9.82. The molecule has 2 heterocycles. The molecular formula is C65H82N12O17S2. The van der Waals surface area contributed by atoms with E-state index in [2.05, 4.69) is 57.8 Å². The van der Waals surface area contributed by atoms with Gasteiger partial charge in [-0.2, -0.15) is 0 Å². The second-order valence-corrected chi connectivity index (χ2v) is 25.0. The Hall–Kier alpha value is -9.56. The molecule has 0 saturated carbocycles. The number of alkyl carbamates (subject to hydrolysis) is 1. The first-order valence-electron chi connectivity index (χ1n) is 31.0. The number of phenols is 1. The van der Waals surface area contributed by atoms with Crippen molar-refractivity contribution in [3.05, 3.63) is 125 Å². The number of aliphatic hydroxyl groups is 2. The summed E-state index contributed by atoms with van der Waals surface area (Å²) in [6, 6.07) is 16.5. The van der Waals surface area contributed by atoms with Crippen molar-refractivity contribution in [1.82, 2.24) is 52.4 Å². The van der Waals surface area contributed by atoms with Gasteiger partial charge in [0.2, 0.25) is 47.3 Å². The number of hydrogen-bond acceptors (Lipinski definition) is 20. The van der Waals surface area contributed by atoms with Crippen molar-refractivity contribution < 1.29 is 83.0 Å². The monoisotopic (exact) mass is 1370 g/mol. The number of thiazole rings is 1. The molecule has 9 amide bonds. The number of nitrogens with one attached hydrogen (secondary N) is 9. The topological polar surface area (TPSA) is 435 Å². The van der Waals surface area contributed by atoms with Crippen LogP contribution in [0.25, 0.3) is 10.2 Å². The maximum Gasteiger partial charge on any atom is 0.408 e. The molecule has 0 saturated heterocycles. The molecule has 1 aromatic heterocycles. The number of nitrogens with zero attached hydrogens (tertiary/aromatic N) is 3. The van der Waals surface area contributed by atoms with Gasteiger partial charge in [0.25, 0.3) is 0 Å². The fourth-order valence-corrected chi connectivity index (χ4v) is 11.9. The van der Waals surface area contributed by atoms with Gasteiger partial charge in [-0.15, -0.1) is 23.1 Å². The highest BCUT2D eigenvalue weighted by atomic mass is 32.2. The molecule has 96 heavy (non-hydrogen) atoms. The van der Waals surface area contributed by atoms with Gasteiger partial charge >= 0.3 is 18.0 Å². The minimum absolute atomic E-state index is 0.0301. The highest BCUT2D eigenvalue weighted by molar-refractivity contribution is 8.15. The molecule has 14 N–H and O–H groups in total. The number of amides is 9. The van der Waals surface area contributed by atoms with Crippen molar-refractivity contribution >= 4 is 109 Å². The first-order chi connectivity index (χ1) is 46.0. The standard InChI is InChI=1S/C65H82N12O17S2/c1-38(80)66-28-12-10-18-46(56(85)67-42-22-26-45-53(32-42)96-63(74-45)62-75-52(37-95-62)64(91)92)70-60(89)50(34-78)73-59(88)49(30-39-14-6-4-7-15-39)72-58(87)48(31-40-20-24-44(81)25-21-40)69-54(82)33-43(23-27-55(83)84)68-57(86)47(19-11-13-29-77(2)3)71-61(90)51(35-79)76-65(93)94-36-41-16-8-5-9-17-41/h4-9,14-17,20-22,24-26,32,43,46-52,78-79,81H,10-13,18-19,23,27-31,33-37H2,1-3H3,(H,66,80)(H,67,85)(H,68,86)(H,69,82)(H,70,89)(H,71,90)(H,72,87)(H,73,88)(H,76,93)(H,83,84)(H,91,92)/t43-,46+,47-,48-,49+,50+,51-,52?/m1/s1. The minimum atomic E-state index is -1.72. The van der Waals surface area contributed by atoms with Crippen LogP contribution in [0, 0.1) is 0 Å². The number of carboxylic acids is 2. The molecular weight excluding hydrogens is 1280 g/mol. The van der Waals surface area contributed by atoms with Gasteiger partial charge in [-0.25, -0.2) is 14.6 Å². The molecule has 0 bridgehead atoms. The van der Waals surface area contributed by atoms with Gasteiger partial charge in [0.05, 0.1) is 23.4 Å². The van der Waals surface area contributed by atoms with Crippen LogP contribution >= 0.6 is 23.1 Å². The number of unbranched alkanes of at least 4 members (excludes halogenated alkanes) is 2. The van der Waals surface area contributed by atoms with E-state index in [-0.39, 0.29) is 62.7 Å². The zero-order valence-corrected chi connectivity index (χ0v) is 54.9. The van der Waals surface area contributed by atoms with Gasteiger partial charge in [-0.3, -0.25) is 48.1 Å². The lowest BCUT2D eigenvalue weighted by Gasteiger charge is -2.27. The highest BCUT2D eigenvalue weighted by Gasteiger charge is 2.34. The molecule has 5 aromatic rings. The van der Waals surface area contributed by atoms with Crippen LogP contribution in [0.1, 0.15) is 86.4 Å². The van der Waals surface area contributed by atoms with Gasteiger partial charge in [-0.1, -0.05) is 72.8 Å². The summed E-state index contributed by atoms with van der Waals surface area (Å²) in [5.41, 5.74) is 2.47. The number of hydrogen-bond donors (Lipinski definition) is 14. The summed E-state index contributed by atoms with van der Waals surface area (Å²) in [5.74, 6) is -8.72. The molecule has 1 aliphatic heterocycles. The Balaban J connectivity index is 1.18. The van der Waals surface area contributed by atoms with Crippen molar-refractivity contribution in [2.45, 2.75) is 132 Å². The highest BCUT2D eigenvalue weighted by Crippen LogP contribution is 2.31. The quantitative estimate of drug-likeness (QED) is 0.0250. The number of anilines is 1. The SMILES string of the molecule is CC(=O)NCCCC[C@H](NC(=O)[C@H](CO)NC(=O)[C@H](Cc1ccccc1)NC(=O)[C@@H](Cc1ccc(O)cc1)NC(=O)C[C@@H](CCC(=O)O)NC(=O)[C@@H](CCCCN(C)C)NC(=O)[C@@H](CO)NC(=O)OCc1ccccc1)C(=O)Nc1ccc2nc(C3=NC(C(=O)O)CS3)sc2c1. The summed E-state index contributed by atoms with van der Waals surface area (Å²) in [7, 11) is 3.69. The van der Waals surface area contributed by atoms with Crippen LogP contribution in [0.15, 0.2) is 108 Å². The number of aromatic nitrogens is 1. The Morgan fingerprint density at radius 2 is 1.17 bits per heavy atom. The van der Waals surface area contributed by atoms with E-state index in [0.29, 0.717) is 74.9 Å². The number of benzene rings is 4. The zero-order chi connectivity index (χ0) is 69.7. The summed E-state index contributed by atoms with van der Waals surface area (Å²) in [6.45, 7) is 0.199. The lowest BCUT2D eigenvalue weighted by Crippen LogP contribution is -2.59. The van der Waals surface area contributed by atoms with E-state index in [0.717, 1.165) is 0 Å². The van der Waals surface area contributed by atoms with Crippen molar-refractivity contribution in [3.63, 3.8) is 0 Å². The number of phenolic OH excluding ortho intramolecular Hbond substituents is 1. The van der Waals surface area contributed by atoms with Crippen molar-refractivity contribution in [3.8, 4) is 5.75 Å². The lowest BCUT2D eigenvalue weighted by atomic mass is 10.0. The number of aromatic hydroxyl groups is 1. The molecule has 516 valence electrons. The maximum atomic E-state index is 14.7. The number of thioether (sulfide) groups is 1.